The average Bonchev–Trinajstić information content (AvgIpc) is 3.65. The molecule has 1 saturated heterocycles. The van der Waals surface area contributed by atoms with Gasteiger partial charge in [0.1, 0.15) is 11.5 Å². The Hall–Kier alpha value is -4.96. The van der Waals surface area contributed by atoms with Crippen molar-refractivity contribution in [2.75, 3.05) is 18.4 Å². The van der Waals surface area contributed by atoms with Gasteiger partial charge >= 0.3 is 0 Å². The number of nitrogens with one attached hydrogen (secondary N) is 2. The van der Waals surface area contributed by atoms with Crippen molar-refractivity contribution < 1.29 is 0 Å². The number of anilines is 2. The van der Waals surface area contributed by atoms with Gasteiger partial charge in [-0.3, -0.25) is 19.6 Å². The van der Waals surface area contributed by atoms with Gasteiger partial charge in [-0.25, -0.2) is 9.97 Å². The summed E-state index contributed by atoms with van der Waals surface area (Å²) in [6.45, 7) is 8.70. The van der Waals surface area contributed by atoms with E-state index in [2.05, 4.69) is 87.0 Å². The van der Waals surface area contributed by atoms with Gasteiger partial charge in [0, 0.05) is 36.0 Å². The second-order valence-electron chi connectivity index (χ2n) is 10.3. The number of piperidine rings is 1. The topological polar surface area (TPSA) is 113 Å². The Balaban J connectivity index is 1.07. The maximum Gasteiger partial charge on any atom is 0.199 e. The van der Waals surface area contributed by atoms with E-state index in [9.17, 15) is 0 Å². The van der Waals surface area contributed by atoms with E-state index in [1.54, 1.807) is 12.4 Å². The van der Waals surface area contributed by atoms with Gasteiger partial charge < -0.3 is 5.32 Å². The molecule has 204 valence electrons. The molecule has 7 rings (SSSR count). The minimum atomic E-state index is 0.369. The normalized spacial score (nSPS) is 15.1. The summed E-state index contributed by atoms with van der Waals surface area (Å²) in [7, 11) is 0. The van der Waals surface area contributed by atoms with Crippen LogP contribution in [0.25, 0.3) is 34.2 Å². The number of aliphatic imine (C=N–C) groups is 1. The fraction of sp³-hybridized carbons (Fsp3) is 0.226. The molecular formula is C31H30N10. The number of pyridine rings is 1. The highest BCUT2D eigenvalue weighted by Gasteiger charge is 2.26. The molecule has 2 N–H and O–H groups in total. The lowest BCUT2D eigenvalue weighted by Crippen LogP contribution is -2.32. The molecule has 41 heavy (non-hydrogen) atoms. The summed E-state index contributed by atoms with van der Waals surface area (Å²) in [6.07, 6.45) is 5.57. The van der Waals surface area contributed by atoms with Gasteiger partial charge in [-0.15, -0.1) is 10.2 Å². The Labute approximate surface area is 237 Å². The molecule has 0 radical (unpaired) electrons. The summed E-state index contributed by atoms with van der Waals surface area (Å²) in [5.41, 5.74) is 5.74. The average molecular weight is 543 g/mol. The van der Waals surface area contributed by atoms with E-state index >= 15 is 0 Å². The summed E-state index contributed by atoms with van der Waals surface area (Å²) in [4.78, 5) is 15.9. The molecule has 5 heterocycles. The molecule has 0 aliphatic carbocycles. The zero-order valence-corrected chi connectivity index (χ0v) is 22.8. The zero-order chi connectivity index (χ0) is 27.8. The predicted molar refractivity (Wildman–Crippen MR) is 160 cm³/mol. The van der Waals surface area contributed by atoms with Crippen molar-refractivity contribution in [3.63, 3.8) is 0 Å². The van der Waals surface area contributed by atoms with Gasteiger partial charge in [-0.1, -0.05) is 43.0 Å². The number of hydrogen-bond donors (Lipinski definition) is 2. The van der Waals surface area contributed by atoms with Crippen LogP contribution < -0.4 is 5.32 Å². The fourth-order valence-electron chi connectivity index (χ4n) is 5.64. The van der Waals surface area contributed by atoms with Gasteiger partial charge in [-0.05, 0) is 62.7 Å². The Morgan fingerprint density at radius 2 is 1.83 bits per heavy atom. The summed E-state index contributed by atoms with van der Waals surface area (Å²) >= 11 is 0. The monoisotopic (exact) mass is 542 g/mol. The van der Waals surface area contributed by atoms with Crippen molar-refractivity contribution in [3.8, 4) is 28.5 Å². The van der Waals surface area contributed by atoms with Crippen molar-refractivity contribution in [2.45, 2.75) is 32.2 Å². The number of likely N-dealkylation sites (tertiary alicyclic amines) is 1. The molecule has 0 bridgehead atoms. The van der Waals surface area contributed by atoms with E-state index in [1.807, 2.05) is 37.3 Å². The van der Waals surface area contributed by atoms with Gasteiger partial charge in [-0.2, -0.15) is 5.10 Å². The quantitative estimate of drug-likeness (QED) is 0.263. The van der Waals surface area contributed by atoms with E-state index in [-0.39, 0.29) is 0 Å². The van der Waals surface area contributed by atoms with Crippen molar-refractivity contribution in [2.24, 2.45) is 4.99 Å². The van der Waals surface area contributed by atoms with Crippen molar-refractivity contribution >= 4 is 23.4 Å². The first-order valence-corrected chi connectivity index (χ1v) is 13.9. The molecule has 0 unspecified atom stereocenters. The molecule has 10 nitrogen and oxygen atoms in total. The van der Waals surface area contributed by atoms with Gasteiger partial charge in [0.15, 0.2) is 23.3 Å². The Bertz CT molecular complexity index is 1740. The maximum absolute atomic E-state index is 4.64. The molecule has 2 aromatic carbocycles. The Morgan fingerprint density at radius 1 is 1.02 bits per heavy atom. The Kier molecular flexibility index (Phi) is 6.44. The molecule has 0 spiro atoms. The van der Waals surface area contributed by atoms with Crippen LogP contribution in [-0.4, -0.2) is 59.1 Å². The number of aromatic nitrogens is 7. The molecule has 5 aromatic rings. The lowest BCUT2D eigenvalue weighted by Gasteiger charge is -2.30. The van der Waals surface area contributed by atoms with E-state index in [0.29, 0.717) is 17.4 Å². The summed E-state index contributed by atoms with van der Waals surface area (Å²) < 4.78 is 2.10. The van der Waals surface area contributed by atoms with Crippen LogP contribution in [0.5, 0.6) is 0 Å². The van der Waals surface area contributed by atoms with Crippen molar-refractivity contribution in [1.29, 1.82) is 0 Å². The molecule has 3 aromatic heterocycles. The molecule has 1 fully saturated rings. The molecule has 0 atom stereocenters. The first-order chi connectivity index (χ1) is 20.2. The Morgan fingerprint density at radius 3 is 2.66 bits per heavy atom. The minimum absolute atomic E-state index is 0.369. The molecule has 0 saturated carbocycles. The smallest absolute Gasteiger partial charge is 0.199 e. The van der Waals surface area contributed by atoms with Crippen LogP contribution in [0.4, 0.5) is 11.5 Å². The number of aromatic amines is 1. The third-order valence-corrected chi connectivity index (χ3v) is 7.75. The number of benzene rings is 2. The van der Waals surface area contributed by atoms with E-state index < -0.39 is 0 Å². The molecular weight excluding hydrogens is 512 g/mol. The predicted octanol–water partition coefficient (Wildman–Crippen LogP) is 5.61. The second kappa shape index (κ2) is 10.5. The summed E-state index contributed by atoms with van der Waals surface area (Å²) in [5, 5.41) is 20.1. The van der Waals surface area contributed by atoms with E-state index in [1.165, 1.54) is 5.56 Å². The van der Waals surface area contributed by atoms with Gasteiger partial charge in [0.25, 0.3) is 0 Å². The second-order valence-corrected chi connectivity index (χ2v) is 10.3. The standard InChI is InChI=1S/C31H30N10/c1-3-32-20(2)27-35-28(37-36-27)22-14-17-40(18-15-22)19-21-10-12-23(13-11-21)30-38-39-31-24-7-4-5-8-25(24)34-29-26(41(30)31)9-6-16-33-29/h3-13,16,22H,2,14-15,17-19H2,1H3,(H,33,34)(H,35,36,37). The van der Waals surface area contributed by atoms with Crippen LogP contribution in [0.15, 0.2) is 78.4 Å². The van der Waals surface area contributed by atoms with Gasteiger partial charge in [0.05, 0.1) is 11.4 Å². The number of rotatable bonds is 6. The van der Waals surface area contributed by atoms with Crippen LogP contribution >= 0.6 is 0 Å². The number of H-pyrrole nitrogens is 1. The van der Waals surface area contributed by atoms with Gasteiger partial charge in [0.2, 0.25) is 0 Å². The molecule has 2 aliphatic rings. The lowest BCUT2D eigenvalue weighted by molar-refractivity contribution is 0.202. The molecule has 10 heteroatoms. The van der Waals surface area contributed by atoms with Crippen molar-refractivity contribution in [1.82, 2.24) is 39.8 Å². The highest BCUT2D eigenvalue weighted by Crippen LogP contribution is 2.39. The zero-order valence-electron chi connectivity index (χ0n) is 22.8. The molecule has 2 aliphatic heterocycles. The van der Waals surface area contributed by atoms with Crippen LogP contribution in [0.2, 0.25) is 0 Å². The first kappa shape index (κ1) is 25.0. The third-order valence-electron chi connectivity index (χ3n) is 7.75. The first-order valence-electron chi connectivity index (χ1n) is 13.9. The minimum Gasteiger partial charge on any atom is -0.338 e. The van der Waals surface area contributed by atoms with Crippen molar-refractivity contribution in [3.05, 3.63) is 90.7 Å². The number of nitrogens with zero attached hydrogens (tertiary/aromatic N) is 8. The third kappa shape index (κ3) is 4.72. The SMILES string of the molecule is C=C(N=CC)c1n[nH]c(C2CCN(Cc3ccc(-c4nnc5n4-c4cccnc4Nc4ccccc4-5)cc3)CC2)n1. The number of fused-ring (bicyclic) bond motifs is 5. The highest BCUT2D eigenvalue weighted by molar-refractivity contribution is 5.84. The van der Waals surface area contributed by atoms with Crippen LogP contribution in [0.3, 0.4) is 0 Å². The largest absolute Gasteiger partial charge is 0.338 e. The summed E-state index contributed by atoms with van der Waals surface area (Å²) in [5.74, 6) is 4.24. The lowest BCUT2D eigenvalue weighted by atomic mass is 9.96. The maximum atomic E-state index is 4.64. The number of para-hydroxylation sites is 1. The van der Waals surface area contributed by atoms with Crippen LogP contribution in [-0.2, 0) is 6.54 Å². The number of hydrogen-bond acceptors (Lipinski definition) is 8. The van der Waals surface area contributed by atoms with E-state index in [0.717, 1.165) is 78.3 Å². The summed E-state index contributed by atoms with van der Waals surface area (Å²) in [6, 6.07) is 20.8. The molecule has 0 amide bonds. The van der Waals surface area contributed by atoms with Crippen LogP contribution in [0.1, 0.15) is 42.9 Å². The van der Waals surface area contributed by atoms with Crippen LogP contribution in [0, 0.1) is 0 Å². The van der Waals surface area contributed by atoms with E-state index in [4.69, 9.17) is 0 Å². The highest BCUT2D eigenvalue weighted by atomic mass is 15.3. The fourth-order valence-corrected chi connectivity index (χ4v) is 5.64.